The van der Waals surface area contributed by atoms with Gasteiger partial charge < -0.3 is 24.8 Å². The van der Waals surface area contributed by atoms with E-state index < -0.39 is 21.3 Å². The van der Waals surface area contributed by atoms with Gasteiger partial charge in [0.1, 0.15) is 0 Å². The third-order valence-electron chi connectivity index (χ3n) is 11.4. The minimum absolute atomic E-state index is 0. The molecule has 0 bridgehead atoms. The van der Waals surface area contributed by atoms with E-state index in [0.29, 0.717) is 9.54 Å². The van der Waals surface area contributed by atoms with Crippen molar-refractivity contribution in [2.24, 2.45) is 22.2 Å². The van der Waals surface area contributed by atoms with Crippen LogP contribution < -0.4 is 24.8 Å². The van der Waals surface area contributed by atoms with Crippen LogP contribution in [0.2, 0.25) is 0 Å². The summed E-state index contributed by atoms with van der Waals surface area (Å²) in [4.78, 5) is 0. The fourth-order valence-electron chi connectivity index (χ4n) is 8.90. The zero-order valence-corrected chi connectivity index (χ0v) is 36.7. The summed E-state index contributed by atoms with van der Waals surface area (Å²) in [6.45, 7) is 38.7. The van der Waals surface area contributed by atoms with E-state index >= 15 is 0 Å². The van der Waals surface area contributed by atoms with Crippen LogP contribution in [0.5, 0.6) is 0 Å². The summed E-state index contributed by atoms with van der Waals surface area (Å²) in [5.41, 5.74) is 17.4. The first kappa shape index (κ1) is 39.5. The fourth-order valence-corrected chi connectivity index (χ4v) is 17.7. The number of halogens is 2. The number of hydrogen-bond donors (Lipinski definition) is 0. The number of rotatable bonds is 3. The molecule has 1 unspecified atom stereocenters. The van der Waals surface area contributed by atoms with Crippen LogP contribution in [0.25, 0.3) is 22.3 Å². The van der Waals surface area contributed by atoms with E-state index in [0.717, 1.165) is 0 Å². The van der Waals surface area contributed by atoms with Gasteiger partial charge in [-0.1, -0.05) is 0 Å². The second-order valence-electron chi connectivity index (χ2n) is 19.4. The van der Waals surface area contributed by atoms with Crippen LogP contribution in [0.1, 0.15) is 154 Å². The Balaban J connectivity index is 0.00000260. The molecule has 0 radical (unpaired) electrons. The normalized spacial score (nSPS) is 20.2. The van der Waals surface area contributed by atoms with Gasteiger partial charge >= 0.3 is 291 Å². The van der Waals surface area contributed by atoms with Crippen molar-refractivity contribution in [3.8, 4) is 11.1 Å². The topological polar surface area (TPSA) is 0 Å². The van der Waals surface area contributed by atoms with Gasteiger partial charge in [0.2, 0.25) is 0 Å². The van der Waals surface area contributed by atoms with Gasteiger partial charge in [-0.25, -0.2) is 0 Å². The van der Waals surface area contributed by atoms with Crippen LogP contribution >= 0.6 is 0 Å². The SMILES string of the molecule is CCC1C=C(C(C)(C)C)C=[C]1[Zr+2](=[C](C)C)[CH]1c2cc3c(cc2-c2cc4c(cc21)C(C)(C)C=C4C(C)(C)C)C(C(C)(C)C)=CC3(C)C.[Cl-].[Cl-]. The number of allylic oxidation sites excluding steroid dienone is 8. The van der Waals surface area contributed by atoms with Crippen molar-refractivity contribution >= 4 is 14.4 Å². The molecule has 2 aromatic carbocycles. The minimum Gasteiger partial charge on any atom is -1.00 e. The first-order chi connectivity index (χ1) is 21.0. The van der Waals surface area contributed by atoms with Crippen molar-refractivity contribution in [2.75, 3.05) is 0 Å². The predicted octanol–water partition coefficient (Wildman–Crippen LogP) is 6.93. The minimum atomic E-state index is -2.44. The van der Waals surface area contributed by atoms with Gasteiger partial charge in [0, 0.05) is 0 Å². The van der Waals surface area contributed by atoms with Gasteiger partial charge in [0.15, 0.2) is 0 Å². The molecule has 6 rings (SSSR count). The van der Waals surface area contributed by atoms with Gasteiger partial charge in [-0.15, -0.1) is 0 Å². The molecule has 0 aromatic heterocycles. The van der Waals surface area contributed by atoms with Crippen LogP contribution in [0, 0.1) is 22.2 Å². The van der Waals surface area contributed by atoms with E-state index in [9.17, 15) is 0 Å². The molecule has 0 saturated heterocycles. The van der Waals surface area contributed by atoms with Gasteiger partial charge in [0.25, 0.3) is 0 Å². The molecule has 3 heteroatoms. The standard InChI is InChI=1S/C31H37.C11H17.C3H6.2ClH.Zr/c1-28(2,3)26-16-30(7,8)24-12-18-11-19-13-25-23(15-21(19)20(18)14-22(24)26)27(29(4,5)6)17-31(25,9)10;1-5-9-6-7-10(8-9)11(2,3)4;1-3-2;;;/h11-17H,1-10H3;7-9H,5H2,1-4H3;1-2H3;2*1H;/q;;;;;+2/p-2. The summed E-state index contributed by atoms with van der Waals surface area (Å²) in [5, 5.41) is 0. The third kappa shape index (κ3) is 6.28. The Bertz CT molecular complexity index is 1730. The summed E-state index contributed by atoms with van der Waals surface area (Å²) >= 11 is -2.44. The summed E-state index contributed by atoms with van der Waals surface area (Å²) < 4.78 is 4.05. The molecule has 0 fully saturated rings. The molecule has 4 aliphatic carbocycles. The predicted molar refractivity (Wildman–Crippen MR) is 200 cm³/mol. The molecule has 0 heterocycles. The van der Waals surface area contributed by atoms with Gasteiger partial charge in [-0.05, 0) is 0 Å². The Hall–Kier alpha value is -1.27. The number of fused-ring (bicyclic) bond motifs is 5. The molecule has 258 valence electrons. The molecule has 4 aliphatic rings. The zero-order chi connectivity index (χ0) is 34.1. The van der Waals surface area contributed by atoms with E-state index in [1.807, 2.05) is 3.28 Å². The first-order valence-electron chi connectivity index (χ1n) is 17.9. The molecule has 1 atom stereocenters. The average molecular weight is 763 g/mol. The maximum atomic E-state index is 2.71. The van der Waals surface area contributed by atoms with Gasteiger partial charge in [-0.2, -0.15) is 0 Å². The molecular weight excluding hydrogens is 703 g/mol. The Labute approximate surface area is 314 Å². The van der Waals surface area contributed by atoms with Crippen molar-refractivity contribution in [2.45, 2.75) is 132 Å². The Morgan fingerprint density at radius 2 is 1.06 bits per heavy atom. The Morgan fingerprint density at radius 3 is 1.40 bits per heavy atom. The Kier molecular flexibility index (Phi) is 10.3. The van der Waals surface area contributed by atoms with Crippen LogP contribution in [-0.4, -0.2) is 3.21 Å². The number of hydrogen-bond acceptors (Lipinski definition) is 0. The second kappa shape index (κ2) is 12.5. The zero-order valence-electron chi connectivity index (χ0n) is 32.7. The number of benzene rings is 2. The average Bonchev–Trinajstić information content (AvgIpc) is 3.61. The van der Waals surface area contributed by atoms with Crippen molar-refractivity contribution in [3.05, 3.63) is 90.8 Å². The van der Waals surface area contributed by atoms with E-state index in [1.165, 1.54) is 50.9 Å². The van der Waals surface area contributed by atoms with Crippen molar-refractivity contribution in [3.63, 3.8) is 0 Å². The van der Waals surface area contributed by atoms with Crippen LogP contribution in [0.15, 0.2) is 57.4 Å². The van der Waals surface area contributed by atoms with Crippen LogP contribution in [-0.2, 0) is 32.1 Å². The maximum absolute atomic E-state index is 2.71. The fraction of sp³-hybridized carbons (Fsp3) is 0.533. The van der Waals surface area contributed by atoms with Crippen molar-refractivity contribution in [1.29, 1.82) is 0 Å². The first-order valence-corrected chi connectivity index (χ1v) is 21.8. The van der Waals surface area contributed by atoms with Gasteiger partial charge in [0.05, 0.1) is 0 Å². The molecule has 0 nitrogen and oxygen atoms in total. The molecule has 0 spiro atoms. The molecule has 0 N–H and O–H groups in total. The third-order valence-corrected chi connectivity index (χ3v) is 19.8. The summed E-state index contributed by atoms with van der Waals surface area (Å²) in [6, 6.07) is 10.7. The molecular formula is C45H60Cl2Zr. The Morgan fingerprint density at radius 1 is 0.646 bits per heavy atom. The van der Waals surface area contributed by atoms with Crippen molar-refractivity contribution in [1.82, 2.24) is 0 Å². The summed E-state index contributed by atoms with van der Waals surface area (Å²) in [5.74, 6) is 0.575. The second-order valence-corrected chi connectivity index (χ2v) is 26.7. The quantitative estimate of drug-likeness (QED) is 0.319. The van der Waals surface area contributed by atoms with Gasteiger partial charge in [-0.3, -0.25) is 0 Å². The van der Waals surface area contributed by atoms with Crippen LogP contribution in [0.3, 0.4) is 0 Å². The maximum Gasteiger partial charge on any atom is -1.00 e. The monoisotopic (exact) mass is 760 g/mol. The van der Waals surface area contributed by atoms with Crippen LogP contribution in [0.4, 0.5) is 0 Å². The largest absolute Gasteiger partial charge is 1.00 e. The van der Waals surface area contributed by atoms with E-state index in [4.69, 9.17) is 0 Å². The van der Waals surface area contributed by atoms with E-state index in [-0.39, 0.29) is 51.9 Å². The molecule has 48 heavy (non-hydrogen) atoms. The molecule has 2 aromatic rings. The summed E-state index contributed by atoms with van der Waals surface area (Å²) in [7, 11) is 0. The summed E-state index contributed by atoms with van der Waals surface area (Å²) in [6.07, 6.45) is 11.7. The molecule has 0 saturated carbocycles. The van der Waals surface area contributed by atoms with E-state index in [1.54, 1.807) is 19.9 Å². The molecule has 0 amide bonds. The molecule has 0 aliphatic heterocycles. The smallest absolute Gasteiger partial charge is 1.00 e. The van der Waals surface area contributed by atoms with E-state index in [2.05, 4.69) is 159 Å². The van der Waals surface area contributed by atoms with Crippen molar-refractivity contribution < 1.29 is 46.1 Å².